The van der Waals surface area contributed by atoms with Crippen LogP contribution in [0.3, 0.4) is 0 Å². The van der Waals surface area contributed by atoms with Crippen molar-refractivity contribution in [3.63, 3.8) is 0 Å². The molecule has 4 N–H and O–H groups in total. The zero-order chi connectivity index (χ0) is 27.1. The Hall–Kier alpha value is -3.46. The van der Waals surface area contributed by atoms with Gasteiger partial charge >= 0.3 is 16.3 Å². The lowest BCUT2D eigenvalue weighted by Crippen LogP contribution is -2.65. The van der Waals surface area contributed by atoms with Gasteiger partial charge in [0, 0.05) is 23.0 Å². The number of amides is 5. The number of carbonyl (C=O) groups excluding carboxylic acids is 4. The van der Waals surface area contributed by atoms with Crippen LogP contribution in [0, 0.1) is 0 Å². The van der Waals surface area contributed by atoms with E-state index in [-0.39, 0.29) is 29.3 Å². The Balaban J connectivity index is 0.000000555. The highest BCUT2D eigenvalue weighted by molar-refractivity contribution is 8.03. The fraction of sp³-hybridized carbons (Fsp3) is 0.227. The molecule has 1 fully saturated rings. The summed E-state index contributed by atoms with van der Waals surface area (Å²) in [7, 11) is -4.66. The third-order valence-electron chi connectivity index (χ3n) is 5.03. The molecule has 1 aromatic carbocycles. The zero-order valence-corrected chi connectivity index (χ0v) is 21.4. The predicted molar refractivity (Wildman–Crippen MR) is 136 cm³/mol. The highest BCUT2D eigenvalue weighted by Crippen LogP contribution is 2.37. The molecule has 196 valence electrons. The molecule has 0 bridgehead atoms. The average molecular weight is 568 g/mol. The number of pyridine rings is 1. The highest BCUT2D eigenvalue weighted by atomic mass is 35.5. The molecule has 37 heavy (non-hydrogen) atoms. The van der Waals surface area contributed by atoms with Crippen molar-refractivity contribution in [3.05, 3.63) is 76.9 Å². The van der Waals surface area contributed by atoms with Crippen molar-refractivity contribution in [2.45, 2.75) is 23.8 Å². The highest BCUT2D eigenvalue weighted by Gasteiger charge is 2.45. The van der Waals surface area contributed by atoms with Gasteiger partial charge in [0.25, 0.3) is 11.8 Å². The number of benzene rings is 1. The summed E-state index contributed by atoms with van der Waals surface area (Å²) < 4.78 is 31.0. The average Bonchev–Trinajstić information content (AvgIpc) is 3.29. The molecule has 1 aromatic heterocycles. The number of β-lactam (4-membered cyclic amide) rings is 1. The van der Waals surface area contributed by atoms with Gasteiger partial charge in [0.15, 0.2) is 0 Å². The topological polar surface area (TPSA) is 175 Å². The van der Waals surface area contributed by atoms with Crippen molar-refractivity contribution in [1.82, 2.24) is 25.2 Å². The van der Waals surface area contributed by atoms with E-state index < -0.39 is 45.0 Å². The summed E-state index contributed by atoms with van der Waals surface area (Å²) in [4.78, 5) is 51.3. The monoisotopic (exact) mass is 567 g/mol. The van der Waals surface area contributed by atoms with Gasteiger partial charge in [0.1, 0.15) is 10.9 Å². The fourth-order valence-electron chi connectivity index (χ4n) is 3.25. The molecule has 2 aliphatic heterocycles. The predicted octanol–water partition coefficient (Wildman–Crippen LogP) is 1.73. The van der Waals surface area contributed by atoms with Crippen LogP contribution in [-0.4, -0.2) is 63.5 Å². The van der Waals surface area contributed by atoms with Crippen LogP contribution >= 0.6 is 23.4 Å². The maximum absolute atomic E-state index is 12.4. The van der Waals surface area contributed by atoms with E-state index in [1.54, 1.807) is 23.9 Å². The molecule has 0 spiro atoms. The summed E-state index contributed by atoms with van der Waals surface area (Å²) in [6.07, 6.45) is 5.26. The molecule has 12 nitrogen and oxygen atoms in total. The largest absolute Gasteiger partial charge is 0.362 e. The second-order valence-electron chi connectivity index (χ2n) is 7.77. The summed E-state index contributed by atoms with van der Waals surface area (Å²) in [5, 5.41) is 9.26. The number of imide groups is 1. The summed E-state index contributed by atoms with van der Waals surface area (Å²) in [6.45, 7) is -0.384. The first-order valence-electron chi connectivity index (χ1n) is 10.6. The van der Waals surface area contributed by atoms with Crippen LogP contribution in [0.25, 0.3) is 0 Å². The molecule has 15 heteroatoms. The minimum atomic E-state index is -4.66. The van der Waals surface area contributed by atoms with E-state index in [4.69, 9.17) is 16.2 Å². The van der Waals surface area contributed by atoms with Crippen molar-refractivity contribution >= 4 is 57.4 Å². The van der Waals surface area contributed by atoms with Gasteiger partial charge in [-0.15, -0.1) is 11.8 Å². The second-order valence-corrected chi connectivity index (χ2v) is 10.8. The van der Waals surface area contributed by atoms with E-state index in [0.717, 1.165) is 11.8 Å². The number of halogens is 1. The van der Waals surface area contributed by atoms with Gasteiger partial charge in [0.2, 0.25) is 5.91 Å². The SMILES string of the molecule is O=C(CC1(NC(=O)NC(=O)c2ccc(Cl)cc2)CC=CS1)NC1CN(S(=O)(=O)O)C1=O.c1ccncc1. The standard InChI is InChI=1S/C17H17ClN4O7S2.C5H5N/c18-11-4-2-10(3-5-11)14(24)20-16(26)21-17(6-1-7-30-17)8-13(23)19-12-9-22(15(12)25)31(27,28)29;1-2-4-6-5-3-1/h1-5,7,12H,6,8-9H2,(H,19,23)(H,27,28,29)(H2,20,21,24,26);1-5H. The molecule has 0 aliphatic carbocycles. The molecule has 0 saturated carbocycles. The lowest BCUT2D eigenvalue weighted by molar-refractivity contribution is -0.140. The molecule has 2 unspecified atom stereocenters. The molecule has 2 aliphatic rings. The van der Waals surface area contributed by atoms with E-state index in [1.807, 2.05) is 18.2 Å². The van der Waals surface area contributed by atoms with Gasteiger partial charge in [-0.1, -0.05) is 23.7 Å². The Morgan fingerprint density at radius 3 is 2.32 bits per heavy atom. The number of rotatable bonds is 6. The van der Waals surface area contributed by atoms with E-state index in [2.05, 4.69) is 20.9 Å². The van der Waals surface area contributed by atoms with Gasteiger partial charge in [-0.3, -0.25) is 29.2 Å². The first-order chi connectivity index (χ1) is 17.5. The van der Waals surface area contributed by atoms with Gasteiger partial charge < -0.3 is 10.6 Å². The van der Waals surface area contributed by atoms with Crippen molar-refractivity contribution < 1.29 is 32.1 Å². The van der Waals surface area contributed by atoms with Crippen molar-refractivity contribution in [1.29, 1.82) is 0 Å². The van der Waals surface area contributed by atoms with Crippen molar-refractivity contribution in [3.8, 4) is 0 Å². The number of carbonyl (C=O) groups is 4. The van der Waals surface area contributed by atoms with Crippen LogP contribution in [0.15, 0.2) is 66.3 Å². The molecule has 1 saturated heterocycles. The van der Waals surface area contributed by atoms with Gasteiger partial charge in [-0.05, 0) is 48.2 Å². The number of aromatic nitrogens is 1. The summed E-state index contributed by atoms with van der Waals surface area (Å²) in [6, 6.07) is 9.71. The molecule has 5 amide bonds. The van der Waals surface area contributed by atoms with Crippen molar-refractivity contribution in [2.24, 2.45) is 0 Å². The van der Waals surface area contributed by atoms with Crippen LogP contribution in [0.5, 0.6) is 0 Å². The number of hydrogen-bond acceptors (Lipinski definition) is 8. The minimum absolute atomic E-state index is 0.218. The van der Waals surface area contributed by atoms with E-state index in [1.165, 1.54) is 24.3 Å². The lowest BCUT2D eigenvalue weighted by Gasteiger charge is -2.36. The number of nitrogens with one attached hydrogen (secondary N) is 3. The molecular weight excluding hydrogens is 546 g/mol. The van der Waals surface area contributed by atoms with E-state index >= 15 is 0 Å². The normalized spacial score (nSPS) is 20.2. The molecular formula is C22H22ClN5O7S2. The Labute approximate surface area is 221 Å². The molecule has 2 aromatic rings. The van der Waals surface area contributed by atoms with Crippen LogP contribution in [0.4, 0.5) is 4.79 Å². The Morgan fingerprint density at radius 1 is 1.16 bits per heavy atom. The lowest BCUT2D eigenvalue weighted by atomic mass is 10.1. The fourth-order valence-corrected chi connectivity index (χ4v) is 5.08. The van der Waals surface area contributed by atoms with E-state index in [9.17, 15) is 27.6 Å². The first kappa shape index (κ1) is 28.1. The van der Waals surface area contributed by atoms with Crippen LogP contribution < -0.4 is 16.0 Å². The molecule has 4 rings (SSSR count). The van der Waals surface area contributed by atoms with Crippen LogP contribution in [-0.2, 0) is 19.9 Å². The quantitative estimate of drug-likeness (QED) is 0.299. The third-order valence-corrected chi connectivity index (χ3v) is 7.36. The van der Waals surface area contributed by atoms with E-state index in [0.29, 0.717) is 5.02 Å². The van der Waals surface area contributed by atoms with Crippen LogP contribution in [0.2, 0.25) is 5.02 Å². The number of hydrogen-bond donors (Lipinski definition) is 4. The first-order valence-corrected chi connectivity index (χ1v) is 13.3. The number of nitrogens with zero attached hydrogens (tertiary/aromatic N) is 2. The Morgan fingerprint density at radius 2 is 1.84 bits per heavy atom. The number of thioether (sulfide) groups is 1. The van der Waals surface area contributed by atoms with Gasteiger partial charge in [0.05, 0.1) is 13.0 Å². The smallest absolute Gasteiger partial charge is 0.343 e. The molecule has 3 heterocycles. The number of urea groups is 1. The summed E-state index contributed by atoms with van der Waals surface area (Å²) in [5.74, 6) is -2.23. The second kappa shape index (κ2) is 12.2. The van der Waals surface area contributed by atoms with Gasteiger partial charge in [-0.25, -0.2) is 9.10 Å². The molecule has 0 radical (unpaired) electrons. The maximum Gasteiger partial charge on any atom is 0.362 e. The van der Waals surface area contributed by atoms with Crippen molar-refractivity contribution in [2.75, 3.05) is 6.54 Å². The van der Waals surface area contributed by atoms with Crippen LogP contribution in [0.1, 0.15) is 23.2 Å². The Kier molecular flexibility index (Phi) is 9.26. The van der Waals surface area contributed by atoms with Gasteiger partial charge in [-0.2, -0.15) is 8.42 Å². The summed E-state index contributed by atoms with van der Waals surface area (Å²) in [5.41, 5.74) is 0.218. The minimum Gasteiger partial charge on any atom is -0.343 e. The third kappa shape index (κ3) is 8.01. The zero-order valence-electron chi connectivity index (χ0n) is 19.0. The summed E-state index contributed by atoms with van der Waals surface area (Å²) >= 11 is 6.92. The maximum atomic E-state index is 12.4. The Bertz CT molecular complexity index is 1260. The molecule has 2 atom stereocenters.